The van der Waals surface area contributed by atoms with Gasteiger partial charge in [0.15, 0.2) is 5.78 Å². The quantitative estimate of drug-likeness (QED) is 0.529. The molecular weight excluding hydrogens is 242 g/mol. The molecule has 4 heteroatoms. The van der Waals surface area contributed by atoms with Crippen LogP contribution in [0.15, 0.2) is 24.3 Å². The molecule has 0 aliphatic carbocycles. The molecule has 104 valence electrons. The van der Waals surface area contributed by atoms with E-state index in [0.717, 1.165) is 18.7 Å². The Bertz CT molecular complexity index is 412. The van der Waals surface area contributed by atoms with Crippen molar-refractivity contribution in [2.75, 3.05) is 11.9 Å². The van der Waals surface area contributed by atoms with Crippen LogP contribution in [0.4, 0.5) is 5.69 Å². The van der Waals surface area contributed by atoms with Gasteiger partial charge < -0.3 is 10.4 Å². The minimum atomic E-state index is -0.942. The lowest BCUT2D eigenvalue weighted by atomic mass is 10.1. The van der Waals surface area contributed by atoms with E-state index in [1.54, 1.807) is 12.1 Å². The fourth-order valence-corrected chi connectivity index (χ4v) is 1.75. The topological polar surface area (TPSA) is 66.4 Å². The van der Waals surface area contributed by atoms with E-state index in [0.29, 0.717) is 5.56 Å². The van der Waals surface area contributed by atoms with Gasteiger partial charge in [0.25, 0.3) is 0 Å². The van der Waals surface area contributed by atoms with Crippen molar-refractivity contribution in [1.82, 2.24) is 0 Å². The molecule has 4 nitrogen and oxygen atoms in total. The number of aliphatic carboxylic acids is 1. The minimum Gasteiger partial charge on any atom is -0.481 e. The first-order valence-electron chi connectivity index (χ1n) is 6.72. The Morgan fingerprint density at radius 1 is 1.11 bits per heavy atom. The van der Waals surface area contributed by atoms with E-state index in [1.807, 2.05) is 12.1 Å². The van der Waals surface area contributed by atoms with Crippen LogP contribution in [0.25, 0.3) is 0 Å². The molecule has 0 saturated carbocycles. The number of carboxylic acid groups (broad SMARTS) is 1. The molecule has 0 aliphatic rings. The molecule has 0 amide bonds. The van der Waals surface area contributed by atoms with Crippen molar-refractivity contribution in [3.05, 3.63) is 29.8 Å². The number of benzene rings is 1. The molecule has 1 aromatic carbocycles. The van der Waals surface area contributed by atoms with Crippen LogP contribution in [0.2, 0.25) is 0 Å². The zero-order chi connectivity index (χ0) is 14.1. The summed E-state index contributed by atoms with van der Waals surface area (Å²) in [6.45, 7) is 3.09. The van der Waals surface area contributed by atoms with Gasteiger partial charge in [-0.3, -0.25) is 9.59 Å². The Labute approximate surface area is 113 Å². The number of nitrogens with one attached hydrogen (secondary N) is 1. The second-order valence-electron chi connectivity index (χ2n) is 4.53. The van der Waals surface area contributed by atoms with Crippen LogP contribution in [0, 0.1) is 0 Å². The van der Waals surface area contributed by atoms with Crippen molar-refractivity contribution < 1.29 is 14.7 Å². The van der Waals surface area contributed by atoms with E-state index in [9.17, 15) is 9.59 Å². The predicted molar refractivity (Wildman–Crippen MR) is 75.7 cm³/mol. The number of carbonyl (C=O) groups is 2. The first-order valence-corrected chi connectivity index (χ1v) is 6.72. The van der Waals surface area contributed by atoms with Gasteiger partial charge >= 0.3 is 5.97 Å². The summed E-state index contributed by atoms with van der Waals surface area (Å²) in [5, 5.41) is 11.8. The van der Waals surface area contributed by atoms with Crippen molar-refractivity contribution in [1.29, 1.82) is 0 Å². The van der Waals surface area contributed by atoms with Crippen molar-refractivity contribution in [3.63, 3.8) is 0 Å². The summed E-state index contributed by atoms with van der Waals surface area (Å²) >= 11 is 0. The lowest BCUT2D eigenvalue weighted by Gasteiger charge is -2.06. The van der Waals surface area contributed by atoms with Gasteiger partial charge in [-0.1, -0.05) is 19.8 Å². The molecule has 0 fully saturated rings. The maximum absolute atomic E-state index is 11.7. The van der Waals surface area contributed by atoms with Crippen molar-refractivity contribution in [2.45, 2.75) is 39.0 Å². The van der Waals surface area contributed by atoms with E-state index in [4.69, 9.17) is 5.11 Å². The lowest BCUT2D eigenvalue weighted by molar-refractivity contribution is -0.136. The van der Waals surface area contributed by atoms with E-state index in [1.165, 1.54) is 12.8 Å². The Balaban J connectivity index is 2.42. The summed E-state index contributed by atoms with van der Waals surface area (Å²) in [6, 6.07) is 7.21. The zero-order valence-electron chi connectivity index (χ0n) is 11.3. The number of Topliss-reactive ketones (excluding diaryl/α,β-unsaturated/α-hetero) is 1. The van der Waals surface area contributed by atoms with Crippen molar-refractivity contribution in [3.8, 4) is 0 Å². The van der Waals surface area contributed by atoms with Gasteiger partial charge in [0, 0.05) is 24.2 Å². The fourth-order valence-electron chi connectivity index (χ4n) is 1.75. The molecule has 0 radical (unpaired) electrons. The van der Waals surface area contributed by atoms with Gasteiger partial charge in [-0.2, -0.15) is 0 Å². The normalized spacial score (nSPS) is 10.2. The van der Waals surface area contributed by atoms with Gasteiger partial charge in [0.1, 0.15) is 0 Å². The molecule has 0 aliphatic heterocycles. The van der Waals surface area contributed by atoms with E-state index >= 15 is 0 Å². The predicted octanol–water partition coefficient (Wildman–Crippen LogP) is 3.34. The number of unbranched alkanes of at least 4 members (excludes halogenated alkanes) is 2. The van der Waals surface area contributed by atoms with Gasteiger partial charge in [0.05, 0.1) is 6.42 Å². The van der Waals surface area contributed by atoms with Gasteiger partial charge in [-0.25, -0.2) is 0 Å². The largest absolute Gasteiger partial charge is 0.481 e. The molecule has 0 atom stereocenters. The number of hydrogen-bond donors (Lipinski definition) is 2. The fraction of sp³-hybridized carbons (Fsp3) is 0.467. The van der Waals surface area contributed by atoms with Gasteiger partial charge in [0.2, 0.25) is 0 Å². The molecule has 0 spiro atoms. The highest BCUT2D eigenvalue weighted by Crippen LogP contribution is 2.12. The van der Waals surface area contributed by atoms with E-state index in [2.05, 4.69) is 12.2 Å². The van der Waals surface area contributed by atoms with Crippen LogP contribution in [0.3, 0.4) is 0 Å². The number of carboxylic acids is 1. The summed E-state index contributed by atoms with van der Waals surface area (Å²) in [5.74, 6) is -1.07. The highest BCUT2D eigenvalue weighted by Gasteiger charge is 2.08. The lowest BCUT2D eigenvalue weighted by Crippen LogP contribution is -2.05. The summed E-state index contributed by atoms with van der Waals surface area (Å²) in [7, 11) is 0. The number of carbonyl (C=O) groups excluding carboxylic acids is 1. The maximum atomic E-state index is 11.7. The smallest absolute Gasteiger partial charge is 0.303 e. The Kier molecular flexibility index (Phi) is 6.64. The first kappa shape index (κ1) is 15.2. The van der Waals surface area contributed by atoms with Crippen LogP contribution in [0.1, 0.15) is 49.4 Å². The molecule has 0 aromatic heterocycles. The van der Waals surface area contributed by atoms with E-state index in [-0.39, 0.29) is 18.6 Å². The molecule has 19 heavy (non-hydrogen) atoms. The molecule has 2 N–H and O–H groups in total. The minimum absolute atomic E-state index is 0.0542. The second kappa shape index (κ2) is 8.29. The van der Waals surface area contributed by atoms with Gasteiger partial charge in [-0.05, 0) is 30.7 Å². The Morgan fingerprint density at radius 2 is 1.79 bits per heavy atom. The molecule has 1 aromatic rings. The number of anilines is 1. The molecule has 1 rings (SSSR count). The SMILES string of the molecule is CCCCCNc1ccc(C(=O)CCC(=O)O)cc1. The Hall–Kier alpha value is -1.84. The van der Waals surface area contributed by atoms with Crippen LogP contribution < -0.4 is 5.32 Å². The van der Waals surface area contributed by atoms with Crippen LogP contribution in [-0.2, 0) is 4.79 Å². The van der Waals surface area contributed by atoms with Crippen molar-refractivity contribution >= 4 is 17.4 Å². The third-order valence-corrected chi connectivity index (χ3v) is 2.88. The average Bonchev–Trinajstić information content (AvgIpc) is 2.41. The summed E-state index contributed by atoms with van der Waals surface area (Å²) in [6.07, 6.45) is 3.47. The van der Waals surface area contributed by atoms with E-state index < -0.39 is 5.97 Å². The monoisotopic (exact) mass is 263 g/mol. The third kappa shape index (κ3) is 6.04. The van der Waals surface area contributed by atoms with Crippen LogP contribution >= 0.6 is 0 Å². The Morgan fingerprint density at radius 3 is 2.37 bits per heavy atom. The average molecular weight is 263 g/mol. The summed E-state index contributed by atoms with van der Waals surface area (Å²) < 4.78 is 0. The number of hydrogen-bond acceptors (Lipinski definition) is 3. The van der Waals surface area contributed by atoms with Crippen LogP contribution in [-0.4, -0.2) is 23.4 Å². The number of rotatable bonds is 9. The molecule has 0 bridgehead atoms. The third-order valence-electron chi connectivity index (χ3n) is 2.88. The summed E-state index contributed by atoms with van der Waals surface area (Å²) in [5.41, 5.74) is 1.56. The summed E-state index contributed by atoms with van der Waals surface area (Å²) in [4.78, 5) is 22.1. The molecule has 0 heterocycles. The molecule has 0 unspecified atom stereocenters. The number of ketones is 1. The van der Waals surface area contributed by atoms with Crippen LogP contribution in [0.5, 0.6) is 0 Å². The zero-order valence-corrected chi connectivity index (χ0v) is 11.3. The van der Waals surface area contributed by atoms with Gasteiger partial charge in [-0.15, -0.1) is 0 Å². The highest BCUT2D eigenvalue weighted by atomic mass is 16.4. The molecule has 0 saturated heterocycles. The van der Waals surface area contributed by atoms with Crippen molar-refractivity contribution in [2.24, 2.45) is 0 Å². The standard InChI is InChI=1S/C15H21NO3/c1-2-3-4-11-16-13-7-5-12(6-8-13)14(17)9-10-15(18)19/h5-8,16H,2-4,9-11H2,1H3,(H,18,19). The first-order chi connectivity index (χ1) is 9.13. The maximum Gasteiger partial charge on any atom is 0.303 e. The molecular formula is C15H21NO3. The second-order valence-corrected chi connectivity index (χ2v) is 4.53. The highest BCUT2D eigenvalue weighted by molar-refractivity contribution is 5.97.